The van der Waals surface area contributed by atoms with Crippen molar-refractivity contribution in [3.63, 3.8) is 0 Å². The van der Waals surface area contributed by atoms with Crippen molar-refractivity contribution < 1.29 is 5.11 Å². The van der Waals surface area contributed by atoms with E-state index in [2.05, 4.69) is 30.3 Å². The van der Waals surface area contributed by atoms with Gasteiger partial charge in [0.25, 0.3) is 0 Å². The molecule has 0 radical (unpaired) electrons. The van der Waals surface area contributed by atoms with E-state index >= 15 is 0 Å². The summed E-state index contributed by atoms with van der Waals surface area (Å²) in [6, 6.07) is 26.6. The van der Waals surface area contributed by atoms with Gasteiger partial charge in [0.2, 0.25) is 4.90 Å². The molecule has 0 unspecified atom stereocenters. The lowest BCUT2D eigenvalue weighted by atomic mass is 10.2. The molecule has 0 spiro atoms. The first-order valence-electron chi connectivity index (χ1n) is 6.90. The third-order valence-corrected chi connectivity index (χ3v) is 5.56. The molecule has 0 fully saturated rings. The summed E-state index contributed by atoms with van der Waals surface area (Å²) in [5, 5.41) is 10.4. The van der Waals surface area contributed by atoms with Crippen LogP contribution in [-0.4, -0.2) is 5.11 Å². The Kier molecular flexibility index (Phi) is 3.98. The standard InChI is InChI=1S/C19H16OS/c1-15-12-13-19(18(20)14-15)21(16-8-4-2-5-9-16)17-10-6-3-7-11-17/h2-14H,1H3/p+1. The molecule has 1 nitrogen and oxygen atoms in total. The summed E-state index contributed by atoms with van der Waals surface area (Å²) in [6.07, 6.45) is 0. The lowest BCUT2D eigenvalue weighted by Gasteiger charge is -2.09. The maximum atomic E-state index is 10.4. The number of aryl methyl sites for hydroxylation is 1. The van der Waals surface area contributed by atoms with Crippen LogP contribution in [0.15, 0.2) is 93.5 Å². The van der Waals surface area contributed by atoms with Crippen LogP contribution in [0.5, 0.6) is 5.75 Å². The fraction of sp³-hybridized carbons (Fsp3) is 0.0526. The zero-order valence-electron chi connectivity index (χ0n) is 11.9. The number of hydrogen-bond acceptors (Lipinski definition) is 1. The zero-order chi connectivity index (χ0) is 14.7. The van der Waals surface area contributed by atoms with Gasteiger partial charge in [-0.3, -0.25) is 0 Å². The number of phenols is 1. The van der Waals surface area contributed by atoms with Crippen molar-refractivity contribution >= 4 is 10.9 Å². The van der Waals surface area contributed by atoms with Crippen molar-refractivity contribution in [3.05, 3.63) is 84.4 Å². The number of aromatic hydroxyl groups is 1. The predicted octanol–water partition coefficient (Wildman–Crippen LogP) is 4.80. The molecule has 0 aliphatic heterocycles. The highest BCUT2D eigenvalue weighted by atomic mass is 32.2. The van der Waals surface area contributed by atoms with Crippen LogP contribution < -0.4 is 0 Å². The monoisotopic (exact) mass is 293 g/mol. The van der Waals surface area contributed by atoms with Gasteiger partial charge in [-0.15, -0.1) is 0 Å². The Hall–Kier alpha value is -2.19. The van der Waals surface area contributed by atoms with Crippen molar-refractivity contribution in [1.29, 1.82) is 0 Å². The van der Waals surface area contributed by atoms with E-state index < -0.39 is 0 Å². The Morgan fingerprint density at radius 3 is 1.71 bits per heavy atom. The summed E-state index contributed by atoms with van der Waals surface area (Å²) in [7, 11) is -0.284. The largest absolute Gasteiger partial charge is 0.503 e. The Morgan fingerprint density at radius 2 is 1.24 bits per heavy atom. The molecule has 0 aromatic heterocycles. The molecule has 0 aliphatic rings. The van der Waals surface area contributed by atoms with Crippen LogP contribution in [0.2, 0.25) is 0 Å². The topological polar surface area (TPSA) is 20.2 Å². The van der Waals surface area contributed by atoms with Crippen LogP contribution in [0.1, 0.15) is 5.56 Å². The molecule has 3 rings (SSSR count). The molecular weight excluding hydrogens is 276 g/mol. The first-order valence-corrected chi connectivity index (χ1v) is 8.12. The smallest absolute Gasteiger partial charge is 0.208 e. The van der Waals surface area contributed by atoms with E-state index in [-0.39, 0.29) is 10.9 Å². The van der Waals surface area contributed by atoms with Gasteiger partial charge in [-0.25, -0.2) is 0 Å². The summed E-state index contributed by atoms with van der Waals surface area (Å²) in [5.74, 6) is 0.367. The minimum absolute atomic E-state index is 0.284. The molecule has 0 saturated heterocycles. The Labute approximate surface area is 128 Å². The lowest BCUT2D eigenvalue weighted by molar-refractivity contribution is 0.461. The van der Waals surface area contributed by atoms with Crippen molar-refractivity contribution in [2.75, 3.05) is 0 Å². The highest BCUT2D eigenvalue weighted by molar-refractivity contribution is 7.97. The molecular formula is C19H17OS+. The van der Waals surface area contributed by atoms with Crippen molar-refractivity contribution in [1.82, 2.24) is 0 Å². The average molecular weight is 293 g/mol. The van der Waals surface area contributed by atoms with Gasteiger partial charge in [0.15, 0.2) is 15.5 Å². The molecule has 0 atom stereocenters. The molecule has 21 heavy (non-hydrogen) atoms. The lowest BCUT2D eigenvalue weighted by Crippen LogP contribution is -2.05. The van der Waals surface area contributed by atoms with Gasteiger partial charge in [-0.2, -0.15) is 0 Å². The Bertz CT molecular complexity index is 684. The van der Waals surface area contributed by atoms with Crippen LogP contribution in [0.4, 0.5) is 0 Å². The van der Waals surface area contributed by atoms with Crippen LogP contribution >= 0.6 is 0 Å². The molecule has 1 N–H and O–H groups in total. The van der Waals surface area contributed by atoms with E-state index in [4.69, 9.17) is 0 Å². The molecule has 104 valence electrons. The molecule has 0 amide bonds. The third-order valence-electron chi connectivity index (χ3n) is 3.29. The molecule has 3 aromatic rings. The minimum Gasteiger partial charge on any atom is -0.503 e. The fourth-order valence-electron chi connectivity index (χ4n) is 2.30. The van der Waals surface area contributed by atoms with Crippen LogP contribution in [0, 0.1) is 6.92 Å². The van der Waals surface area contributed by atoms with Gasteiger partial charge in [0.1, 0.15) is 10.9 Å². The van der Waals surface area contributed by atoms with Gasteiger partial charge < -0.3 is 5.11 Å². The fourth-order valence-corrected chi connectivity index (χ4v) is 4.41. The van der Waals surface area contributed by atoms with E-state index in [1.54, 1.807) is 0 Å². The summed E-state index contributed by atoms with van der Waals surface area (Å²) < 4.78 is 0. The summed E-state index contributed by atoms with van der Waals surface area (Å²) in [5.41, 5.74) is 1.07. The minimum atomic E-state index is -0.284. The SMILES string of the molecule is Cc1ccc([S+](c2ccccc2)c2ccccc2)c(O)c1. The first-order chi connectivity index (χ1) is 10.3. The van der Waals surface area contributed by atoms with Crippen LogP contribution in [0.25, 0.3) is 0 Å². The number of rotatable bonds is 3. The van der Waals surface area contributed by atoms with E-state index in [9.17, 15) is 5.11 Å². The van der Waals surface area contributed by atoms with E-state index in [0.717, 1.165) is 10.5 Å². The molecule has 0 saturated carbocycles. The molecule has 3 aromatic carbocycles. The van der Waals surface area contributed by atoms with Crippen molar-refractivity contribution in [3.8, 4) is 5.75 Å². The van der Waals surface area contributed by atoms with Gasteiger partial charge >= 0.3 is 0 Å². The number of hydrogen-bond donors (Lipinski definition) is 1. The van der Waals surface area contributed by atoms with Crippen molar-refractivity contribution in [2.24, 2.45) is 0 Å². The first kappa shape index (κ1) is 13.8. The van der Waals surface area contributed by atoms with Gasteiger partial charge in [0, 0.05) is 0 Å². The molecule has 0 bridgehead atoms. The zero-order valence-corrected chi connectivity index (χ0v) is 12.7. The molecule has 0 heterocycles. The van der Waals surface area contributed by atoms with E-state index in [0.29, 0.717) is 5.75 Å². The highest BCUT2D eigenvalue weighted by Crippen LogP contribution is 2.36. The van der Waals surface area contributed by atoms with Gasteiger partial charge in [0.05, 0.1) is 0 Å². The maximum Gasteiger partial charge on any atom is 0.208 e. The van der Waals surface area contributed by atoms with Crippen LogP contribution in [0.3, 0.4) is 0 Å². The van der Waals surface area contributed by atoms with Gasteiger partial charge in [-0.1, -0.05) is 42.5 Å². The number of benzene rings is 3. The molecule has 0 aliphatic carbocycles. The summed E-state index contributed by atoms with van der Waals surface area (Å²) in [6.45, 7) is 1.99. The normalized spacial score (nSPS) is 10.8. The third kappa shape index (κ3) is 2.96. The Morgan fingerprint density at radius 1 is 0.714 bits per heavy atom. The second kappa shape index (κ2) is 6.06. The molecule has 2 heteroatoms. The highest BCUT2D eigenvalue weighted by Gasteiger charge is 2.31. The second-order valence-corrected chi connectivity index (χ2v) is 6.90. The van der Waals surface area contributed by atoms with Gasteiger partial charge in [-0.05, 0) is 48.9 Å². The van der Waals surface area contributed by atoms with E-state index in [1.807, 2.05) is 55.5 Å². The Balaban J connectivity index is 2.17. The second-order valence-electron chi connectivity index (χ2n) is 4.90. The number of phenolic OH excluding ortho intramolecular Hbond substituents is 1. The van der Waals surface area contributed by atoms with Crippen LogP contribution in [-0.2, 0) is 10.9 Å². The predicted molar refractivity (Wildman–Crippen MR) is 87.9 cm³/mol. The maximum absolute atomic E-state index is 10.4. The summed E-state index contributed by atoms with van der Waals surface area (Å²) in [4.78, 5) is 3.39. The summed E-state index contributed by atoms with van der Waals surface area (Å²) >= 11 is 0. The van der Waals surface area contributed by atoms with E-state index in [1.165, 1.54) is 9.79 Å². The average Bonchev–Trinajstić information content (AvgIpc) is 2.52. The van der Waals surface area contributed by atoms with Crippen molar-refractivity contribution in [2.45, 2.75) is 21.6 Å². The quantitative estimate of drug-likeness (QED) is 0.688.